The molecule has 3 rings (SSSR count). The summed E-state index contributed by atoms with van der Waals surface area (Å²) in [6.45, 7) is 4.77. The summed E-state index contributed by atoms with van der Waals surface area (Å²) in [6.07, 6.45) is 3.96. The van der Waals surface area contributed by atoms with E-state index < -0.39 is 0 Å². The second kappa shape index (κ2) is 6.24. The lowest BCUT2D eigenvalue weighted by Crippen LogP contribution is -2.40. The van der Waals surface area contributed by atoms with Crippen LogP contribution in [0.4, 0.5) is 0 Å². The Labute approximate surface area is 127 Å². The fraction of sp³-hybridized carbons (Fsp3) is 0.647. The molecular formula is C17H26N2O2. The molecule has 0 radical (unpaired) electrons. The van der Waals surface area contributed by atoms with Crippen molar-refractivity contribution in [2.45, 2.75) is 44.3 Å². The first kappa shape index (κ1) is 14.7. The van der Waals surface area contributed by atoms with Gasteiger partial charge in [-0.25, -0.2) is 0 Å². The summed E-state index contributed by atoms with van der Waals surface area (Å²) in [7, 11) is 3.36. The quantitative estimate of drug-likeness (QED) is 0.904. The molecule has 0 aromatic heterocycles. The third kappa shape index (κ3) is 2.87. The van der Waals surface area contributed by atoms with Gasteiger partial charge in [0.05, 0.1) is 14.2 Å². The van der Waals surface area contributed by atoms with E-state index in [0.717, 1.165) is 17.5 Å². The van der Waals surface area contributed by atoms with Gasteiger partial charge < -0.3 is 14.8 Å². The normalized spacial score (nSPS) is 26.6. The van der Waals surface area contributed by atoms with Crippen LogP contribution in [0, 0.1) is 0 Å². The Morgan fingerprint density at radius 3 is 2.71 bits per heavy atom. The Bertz CT molecular complexity index is 492. The van der Waals surface area contributed by atoms with Gasteiger partial charge >= 0.3 is 0 Å². The fourth-order valence-corrected chi connectivity index (χ4v) is 3.82. The molecule has 1 aromatic rings. The molecule has 4 heteroatoms. The number of ether oxygens (including phenoxy) is 2. The first-order chi connectivity index (χ1) is 10.2. The van der Waals surface area contributed by atoms with Crippen molar-refractivity contribution in [3.63, 3.8) is 0 Å². The SMILES string of the molecule is COc1ccc(C(C)NC2CCN3CCCC23)cc1OC. The molecule has 0 bridgehead atoms. The van der Waals surface area contributed by atoms with Crippen LogP contribution in [0.1, 0.15) is 37.8 Å². The molecule has 2 aliphatic rings. The molecule has 0 aliphatic carbocycles. The summed E-state index contributed by atoms with van der Waals surface area (Å²) >= 11 is 0. The van der Waals surface area contributed by atoms with Gasteiger partial charge in [0.1, 0.15) is 0 Å². The van der Waals surface area contributed by atoms with Crippen molar-refractivity contribution in [3.05, 3.63) is 23.8 Å². The number of hydrogen-bond acceptors (Lipinski definition) is 4. The van der Waals surface area contributed by atoms with Gasteiger partial charge in [-0.15, -0.1) is 0 Å². The zero-order chi connectivity index (χ0) is 14.8. The van der Waals surface area contributed by atoms with Gasteiger partial charge in [-0.3, -0.25) is 4.90 Å². The van der Waals surface area contributed by atoms with Gasteiger partial charge in [0.15, 0.2) is 11.5 Å². The van der Waals surface area contributed by atoms with Gasteiger partial charge in [-0.1, -0.05) is 6.07 Å². The number of fused-ring (bicyclic) bond motifs is 1. The lowest BCUT2D eigenvalue weighted by atomic mass is 10.0. The van der Waals surface area contributed by atoms with Gasteiger partial charge in [0, 0.05) is 24.7 Å². The molecular weight excluding hydrogens is 264 g/mol. The molecule has 0 saturated carbocycles. The number of methoxy groups -OCH3 is 2. The van der Waals surface area contributed by atoms with E-state index in [1.807, 2.05) is 6.07 Å². The van der Waals surface area contributed by atoms with E-state index in [4.69, 9.17) is 9.47 Å². The molecule has 0 amide bonds. The summed E-state index contributed by atoms with van der Waals surface area (Å²) in [5.41, 5.74) is 1.25. The zero-order valence-corrected chi connectivity index (χ0v) is 13.3. The largest absolute Gasteiger partial charge is 0.493 e. The van der Waals surface area contributed by atoms with Crippen LogP contribution >= 0.6 is 0 Å². The number of nitrogens with zero attached hydrogens (tertiary/aromatic N) is 1. The molecule has 3 unspecified atom stereocenters. The van der Waals surface area contributed by atoms with Crippen LogP contribution in [0.5, 0.6) is 11.5 Å². The predicted octanol–water partition coefficient (Wildman–Crippen LogP) is 2.59. The van der Waals surface area contributed by atoms with Crippen LogP contribution < -0.4 is 14.8 Å². The van der Waals surface area contributed by atoms with Gasteiger partial charge in [0.25, 0.3) is 0 Å². The Balaban J connectivity index is 1.69. The predicted molar refractivity (Wildman–Crippen MR) is 84.1 cm³/mol. The molecule has 1 aromatic carbocycles. The van der Waals surface area contributed by atoms with Crippen molar-refractivity contribution < 1.29 is 9.47 Å². The lowest BCUT2D eigenvalue weighted by molar-refractivity contribution is 0.291. The Morgan fingerprint density at radius 2 is 1.95 bits per heavy atom. The van der Waals surface area contributed by atoms with Gasteiger partial charge in [0.2, 0.25) is 0 Å². The summed E-state index contributed by atoms with van der Waals surface area (Å²) in [5, 5.41) is 3.82. The average molecular weight is 290 g/mol. The molecule has 2 aliphatic heterocycles. The number of hydrogen-bond donors (Lipinski definition) is 1. The summed E-state index contributed by atoms with van der Waals surface area (Å²) < 4.78 is 10.7. The molecule has 21 heavy (non-hydrogen) atoms. The highest BCUT2D eigenvalue weighted by Crippen LogP contribution is 2.32. The third-order valence-corrected chi connectivity index (χ3v) is 4.98. The first-order valence-corrected chi connectivity index (χ1v) is 7.95. The lowest BCUT2D eigenvalue weighted by Gasteiger charge is -2.25. The molecule has 1 N–H and O–H groups in total. The van der Waals surface area contributed by atoms with Crippen molar-refractivity contribution in [2.75, 3.05) is 27.3 Å². The summed E-state index contributed by atoms with van der Waals surface area (Å²) in [4.78, 5) is 2.64. The van der Waals surface area contributed by atoms with Crippen molar-refractivity contribution in [2.24, 2.45) is 0 Å². The van der Waals surface area contributed by atoms with E-state index in [9.17, 15) is 0 Å². The van der Waals surface area contributed by atoms with E-state index in [1.54, 1.807) is 14.2 Å². The van der Waals surface area contributed by atoms with Gasteiger partial charge in [-0.05, 0) is 50.4 Å². The van der Waals surface area contributed by atoms with E-state index in [2.05, 4.69) is 29.3 Å². The van der Waals surface area contributed by atoms with E-state index in [0.29, 0.717) is 12.1 Å². The highest BCUT2D eigenvalue weighted by molar-refractivity contribution is 5.43. The number of nitrogens with one attached hydrogen (secondary N) is 1. The van der Waals surface area contributed by atoms with Crippen LogP contribution in [-0.2, 0) is 0 Å². The van der Waals surface area contributed by atoms with E-state index in [-0.39, 0.29) is 0 Å². The van der Waals surface area contributed by atoms with Crippen LogP contribution in [0.2, 0.25) is 0 Å². The van der Waals surface area contributed by atoms with Crippen LogP contribution in [0.25, 0.3) is 0 Å². The Morgan fingerprint density at radius 1 is 1.14 bits per heavy atom. The second-order valence-electron chi connectivity index (χ2n) is 6.14. The molecule has 2 fully saturated rings. The van der Waals surface area contributed by atoms with Crippen LogP contribution in [0.3, 0.4) is 0 Å². The maximum atomic E-state index is 5.41. The minimum absolute atomic E-state index is 0.329. The standard InChI is InChI=1S/C17H26N2O2/c1-12(13-6-7-16(20-2)17(11-13)21-3)18-14-8-10-19-9-4-5-15(14)19/h6-7,11-12,14-15,18H,4-5,8-10H2,1-3H3. The minimum atomic E-state index is 0.329. The first-order valence-electron chi connectivity index (χ1n) is 7.95. The highest BCUT2D eigenvalue weighted by atomic mass is 16.5. The molecule has 0 spiro atoms. The molecule has 3 atom stereocenters. The van der Waals surface area contributed by atoms with E-state index >= 15 is 0 Å². The third-order valence-electron chi connectivity index (χ3n) is 4.98. The van der Waals surface area contributed by atoms with Gasteiger partial charge in [-0.2, -0.15) is 0 Å². The molecule has 2 saturated heterocycles. The fourth-order valence-electron chi connectivity index (χ4n) is 3.82. The maximum absolute atomic E-state index is 5.41. The monoisotopic (exact) mass is 290 g/mol. The molecule has 116 valence electrons. The van der Waals surface area contributed by atoms with Crippen LogP contribution in [-0.4, -0.2) is 44.3 Å². The van der Waals surface area contributed by atoms with Crippen molar-refractivity contribution >= 4 is 0 Å². The second-order valence-corrected chi connectivity index (χ2v) is 6.14. The molecule has 4 nitrogen and oxygen atoms in total. The van der Waals surface area contributed by atoms with Crippen molar-refractivity contribution in [3.8, 4) is 11.5 Å². The summed E-state index contributed by atoms with van der Waals surface area (Å²) in [6, 6.07) is 7.89. The highest BCUT2D eigenvalue weighted by Gasteiger charge is 2.37. The van der Waals surface area contributed by atoms with E-state index in [1.165, 1.54) is 37.9 Å². The van der Waals surface area contributed by atoms with Crippen molar-refractivity contribution in [1.82, 2.24) is 10.2 Å². The van der Waals surface area contributed by atoms with Crippen LogP contribution in [0.15, 0.2) is 18.2 Å². The zero-order valence-electron chi connectivity index (χ0n) is 13.3. The maximum Gasteiger partial charge on any atom is 0.161 e. The number of rotatable bonds is 5. The molecule has 2 heterocycles. The van der Waals surface area contributed by atoms with Crippen molar-refractivity contribution in [1.29, 1.82) is 0 Å². The smallest absolute Gasteiger partial charge is 0.161 e. The minimum Gasteiger partial charge on any atom is -0.493 e. The average Bonchev–Trinajstić information content (AvgIpc) is 3.11. The topological polar surface area (TPSA) is 33.7 Å². The Kier molecular flexibility index (Phi) is 4.36. The summed E-state index contributed by atoms with van der Waals surface area (Å²) in [5.74, 6) is 1.59. The number of benzene rings is 1. The Hall–Kier alpha value is -1.26.